The lowest BCUT2D eigenvalue weighted by Crippen LogP contribution is -2.26. The molecule has 2 unspecified atom stereocenters. The average Bonchev–Trinajstić information content (AvgIpc) is 2.18. The highest BCUT2D eigenvalue weighted by Crippen LogP contribution is 2.27. The molecular weight excluding hydrogens is 186 g/mol. The Hall–Kier alpha value is -0.860. The van der Waals surface area contributed by atoms with Gasteiger partial charge in [0.25, 0.3) is 0 Å². The monoisotopic (exact) mass is 207 g/mol. The van der Waals surface area contributed by atoms with Crippen LogP contribution in [-0.4, -0.2) is 11.7 Å². The molecule has 0 heterocycles. The molecule has 0 amide bonds. The first-order valence-electron chi connectivity index (χ1n) is 5.51. The van der Waals surface area contributed by atoms with Crippen LogP contribution in [0, 0.1) is 18.8 Å². The smallest absolute Gasteiger partial charge is 0.0832 e. The van der Waals surface area contributed by atoms with Gasteiger partial charge in [0.2, 0.25) is 0 Å². The quantitative estimate of drug-likeness (QED) is 0.795. The van der Waals surface area contributed by atoms with Crippen molar-refractivity contribution in [1.29, 1.82) is 0 Å². The molecule has 2 heteroatoms. The molecule has 2 nitrogen and oxygen atoms in total. The molecule has 1 aromatic rings. The molecule has 84 valence electrons. The summed E-state index contributed by atoms with van der Waals surface area (Å²) in [5, 5.41) is 10.2. The predicted molar refractivity (Wildman–Crippen MR) is 63.5 cm³/mol. The minimum absolute atomic E-state index is 0.131. The van der Waals surface area contributed by atoms with Gasteiger partial charge in [0.15, 0.2) is 0 Å². The Labute approximate surface area is 92.1 Å². The number of hydrogen-bond donors (Lipinski definition) is 2. The van der Waals surface area contributed by atoms with Crippen molar-refractivity contribution in [3.05, 3.63) is 35.4 Å². The molecule has 3 N–H and O–H groups in total. The third-order valence-electron chi connectivity index (χ3n) is 2.92. The van der Waals surface area contributed by atoms with Crippen LogP contribution in [0.1, 0.15) is 31.1 Å². The van der Waals surface area contributed by atoms with Crippen LogP contribution >= 0.6 is 0 Å². The highest BCUT2D eigenvalue weighted by atomic mass is 16.3. The van der Waals surface area contributed by atoms with Crippen LogP contribution < -0.4 is 5.73 Å². The van der Waals surface area contributed by atoms with Crippen LogP contribution in [0.4, 0.5) is 0 Å². The van der Waals surface area contributed by atoms with Crippen molar-refractivity contribution in [3.63, 3.8) is 0 Å². The molecule has 0 radical (unpaired) electrons. The second kappa shape index (κ2) is 5.29. The summed E-state index contributed by atoms with van der Waals surface area (Å²) in [6, 6.07) is 7.99. The van der Waals surface area contributed by atoms with E-state index in [1.807, 2.05) is 31.2 Å². The first-order valence-corrected chi connectivity index (χ1v) is 5.51. The van der Waals surface area contributed by atoms with Gasteiger partial charge in [-0.25, -0.2) is 0 Å². The van der Waals surface area contributed by atoms with Gasteiger partial charge in [-0.15, -0.1) is 0 Å². The van der Waals surface area contributed by atoms with Gasteiger partial charge in [-0.1, -0.05) is 43.7 Å². The zero-order chi connectivity index (χ0) is 11.4. The van der Waals surface area contributed by atoms with Gasteiger partial charge in [-0.3, -0.25) is 0 Å². The second-order valence-corrected chi connectivity index (χ2v) is 4.50. The molecule has 0 saturated carbocycles. The molecule has 0 fully saturated rings. The summed E-state index contributed by atoms with van der Waals surface area (Å²) < 4.78 is 0. The number of nitrogens with two attached hydrogens (primary N) is 1. The second-order valence-electron chi connectivity index (χ2n) is 4.50. The Morgan fingerprint density at radius 3 is 2.47 bits per heavy atom. The van der Waals surface area contributed by atoms with E-state index in [9.17, 15) is 5.11 Å². The number of aryl methyl sites for hydroxylation is 1. The Morgan fingerprint density at radius 1 is 1.33 bits per heavy atom. The van der Waals surface area contributed by atoms with Gasteiger partial charge in [-0.05, 0) is 24.9 Å². The van der Waals surface area contributed by atoms with Crippen molar-refractivity contribution in [2.75, 3.05) is 6.54 Å². The fraction of sp³-hybridized carbons (Fsp3) is 0.538. The minimum Gasteiger partial charge on any atom is -0.388 e. The van der Waals surface area contributed by atoms with Crippen molar-refractivity contribution >= 4 is 0 Å². The van der Waals surface area contributed by atoms with Gasteiger partial charge in [0.05, 0.1) is 6.10 Å². The van der Waals surface area contributed by atoms with Gasteiger partial charge in [0.1, 0.15) is 0 Å². The van der Waals surface area contributed by atoms with Crippen molar-refractivity contribution in [2.24, 2.45) is 17.6 Å². The van der Waals surface area contributed by atoms with Gasteiger partial charge in [-0.2, -0.15) is 0 Å². The van der Waals surface area contributed by atoms with E-state index >= 15 is 0 Å². The van der Waals surface area contributed by atoms with E-state index in [-0.39, 0.29) is 5.92 Å². The molecule has 0 saturated heterocycles. The third kappa shape index (κ3) is 3.05. The molecule has 1 aromatic carbocycles. The molecule has 0 aromatic heterocycles. The summed E-state index contributed by atoms with van der Waals surface area (Å²) in [5.41, 5.74) is 7.83. The molecule has 2 atom stereocenters. The van der Waals surface area contributed by atoms with E-state index in [2.05, 4.69) is 13.8 Å². The summed E-state index contributed by atoms with van der Waals surface area (Å²) in [5.74, 6) is 0.525. The van der Waals surface area contributed by atoms with Gasteiger partial charge >= 0.3 is 0 Å². The maximum atomic E-state index is 10.2. The minimum atomic E-state index is -0.449. The van der Waals surface area contributed by atoms with Crippen LogP contribution in [0.25, 0.3) is 0 Å². The summed E-state index contributed by atoms with van der Waals surface area (Å²) in [7, 11) is 0. The van der Waals surface area contributed by atoms with Crippen LogP contribution in [0.5, 0.6) is 0 Å². The number of aliphatic hydroxyl groups excluding tert-OH is 1. The van der Waals surface area contributed by atoms with Crippen LogP contribution in [0.15, 0.2) is 24.3 Å². The van der Waals surface area contributed by atoms with Crippen molar-refractivity contribution in [2.45, 2.75) is 26.9 Å². The summed E-state index contributed by atoms with van der Waals surface area (Å²) in [6.45, 7) is 6.74. The van der Waals surface area contributed by atoms with E-state index in [0.717, 1.165) is 5.56 Å². The molecule has 0 bridgehead atoms. The lowest BCUT2D eigenvalue weighted by atomic mass is 9.86. The molecule has 15 heavy (non-hydrogen) atoms. The topological polar surface area (TPSA) is 46.2 Å². The fourth-order valence-electron chi connectivity index (χ4n) is 1.87. The number of hydrogen-bond acceptors (Lipinski definition) is 2. The summed E-state index contributed by atoms with van der Waals surface area (Å²) >= 11 is 0. The van der Waals surface area contributed by atoms with Crippen molar-refractivity contribution in [1.82, 2.24) is 0 Å². The van der Waals surface area contributed by atoms with E-state index in [4.69, 9.17) is 5.73 Å². The van der Waals surface area contributed by atoms with Crippen molar-refractivity contribution in [3.8, 4) is 0 Å². The molecular formula is C13H21NO. The van der Waals surface area contributed by atoms with Crippen LogP contribution in [0.2, 0.25) is 0 Å². The highest BCUT2D eigenvalue weighted by Gasteiger charge is 2.22. The molecule has 0 spiro atoms. The molecule has 0 aliphatic carbocycles. The number of benzene rings is 1. The normalized spacial score (nSPS) is 15.3. The molecule has 1 rings (SSSR count). The van der Waals surface area contributed by atoms with E-state index in [0.29, 0.717) is 12.5 Å². The lowest BCUT2D eigenvalue weighted by molar-refractivity contribution is 0.0860. The first-order chi connectivity index (χ1) is 7.06. The lowest BCUT2D eigenvalue weighted by Gasteiger charge is -2.25. The SMILES string of the molecule is Cc1cccc(C(O)C(CN)C(C)C)c1. The van der Waals surface area contributed by atoms with E-state index in [1.54, 1.807) is 0 Å². The average molecular weight is 207 g/mol. The zero-order valence-electron chi connectivity index (χ0n) is 9.77. The summed E-state index contributed by atoms with van der Waals surface area (Å²) in [4.78, 5) is 0. The van der Waals surface area contributed by atoms with Crippen molar-refractivity contribution < 1.29 is 5.11 Å². The Bertz CT molecular complexity index is 309. The largest absolute Gasteiger partial charge is 0.388 e. The molecule has 0 aliphatic rings. The summed E-state index contributed by atoms with van der Waals surface area (Å²) in [6.07, 6.45) is -0.449. The maximum absolute atomic E-state index is 10.2. The van der Waals surface area contributed by atoms with Crippen LogP contribution in [-0.2, 0) is 0 Å². The highest BCUT2D eigenvalue weighted by molar-refractivity contribution is 5.24. The number of aliphatic hydroxyl groups is 1. The zero-order valence-corrected chi connectivity index (χ0v) is 9.77. The first kappa shape index (κ1) is 12.2. The van der Waals surface area contributed by atoms with E-state index < -0.39 is 6.10 Å². The number of rotatable bonds is 4. The fourth-order valence-corrected chi connectivity index (χ4v) is 1.87. The van der Waals surface area contributed by atoms with Gasteiger partial charge in [0, 0.05) is 5.92 Å². The Balaban J connectivity index is 2.87. The third-order valence-corrected chi connectivity index (χ3v) is 2.92. The van der Waals surface area contributed by atoms with Gasteiger partial charge < -0.3 is 10.8 Å². The maximum Gasteiger partial charge on any atom is 0.0832 e. The Morgan fingerprint density at radius 2 is 2.00 bits per heavy atom. The van der Waals surface area contributed by atoms with E-state index in [1.165, 1.54) is 5.56 Å². The Kier molecular flexibility index (Phi) is 4.30. The molecule has 0 aliphatic heterocycles. The standard InChI is InChI=1S/C13H21NO/c1-9(2)12(8-14)13(15)11-6-4-5-10(3)7-11/h4-7,9,12-13,15H,8,14H2,1-3H3. The predicted octanol–water partition coefficient (Wildman–Crippen LogP) is 2.26. The van der Waals surface area contributed by atoms with Crippen LogP contribution in [0.3, 0.4) is 0 Å².